The second-order valence-electron chi connectivity index (χ2n) is 10.8. The molecule has 0 spiro atoms. The third kappa shape index (κ3) is 6.27. The Labute approximate surface area is 217 Å². The lowest BCUT2D eigenvalue weighted by Crippen LogP contribution is -2.74. The van der Waals surface area contributed by atoms with Gasteiger partial charge in [0.1, 0.15) is 5.60 Å². The van der Waals surface area contributed by atoms with E-state index in [2.05, 4.69) is 12.2 Å². The molecule has 1 N–H and O–H groups in total. The van der Waals surface area contributed by atoms with Crippen molar-refractivity contribution in [2.24, 2.45) is 5.41 Å². The van der Waals surface area contributed by atoms with Gasteiger partial charge in [0.15, 0.2) is 6.23 Å². The molecule has 0 bridgehead atoms. The number of ether oxygens (including phenoxy) is 1. The molecule has 1 aliphatic rings. The molecular formula is C28H46N4O4. The summed E-state index contributed by atoms with van der Waals surface area (Å²) in [6.07, 6.45) is 1.85. The lowest BCUT2D eigenvalue weighted by atomic mass is 9.71. The standard InChI is InChI=1S/C28H46N4O4/c1-10-13-22(21-16-14-20(4)15-17-21)29-26(35)32-24(34)28(11-2,12-3)25(32)36-27(5,6)23(33)31(9)19-18-30(7)8/h14-17,22,25H,10-13,18-19H2,1-9H3,(H,29,35)/t22-,25+/m1/s1. The number of likely N-dealkylation sites (N-methyl/N-ethyl adjacent to an activating group) is 2. The van der Waals surface area contributed by atoms with Crippen molar-refractivity contribution in [2.75, 3.05) is 34.2 Å². The van der Waals surface area contributed by atoms with Crippen LogP contribution in [-0.2, 0) is 14.3 Å². The van der Waals surface area contributed by atoms with Crippen LogP contribution in [0.25, 0.3) is 0 Å². The fraction of sp³-hybridized carbons (Fsp3) is 0.679. The minimum Gasteiger partial charge on any atom is -0.342 e. The molecule has 1 heterocycles. The molecule has 1 fully saturated rings. The summed E-state index contributed by atoms with van der Waals surface area (Å²) < 4.78 is 6.37. The van der Waals surface area contributed by atoms with E-state index in [1.54, 1.807) is 25.8 Å². The smallest absolute Gasteiger partial charge is 0.326 e. The Morgan fingerprint density at radius 2 is 1.67 bits per heavy atom. The summed E-state index contributed by atoms with van der Waals surface area (Å²) >= 11 is 0. The molecule has 4 amide bonds. The summed E-state index contributed by atoms with van der Waals surface area (Å²) in [5.74, 6) is -0.438. The predicted molar refractivity (Wildman–Crippen MR) is 142 cm³/mol. The van der Waals surface area contributed by atoms with Gasteiger partial charge in [0.25, 0.3) is 5.91 Å². The summed E-state index contributed by atoms with van der Waals surface area (Å²) in [5.41, 5.74) is 0.1000. The second kappa shape index (κ2) is 12.2. The van der Waals surface area contributed by atoms with Crippen LogP contribution >= 0.6 is 0 Å². The van der Waals surface area contributed by atoms with E-state index >= 15 is 0 Å². The number of likely N-dealkylation sites (tertiary alicyclic amines) is 1. The van der Waals surface area contributed by atoms with Crippen molar-refractivity contribution >= 4 is 17.8 Å². The van der Waals surface area contributed by atoms with Crippen molar-refractivity contribution in [1.29, 1.82) is 0 Å². The molecule has 1 aromatic rings. The maximum atomic E-state index is 13.5. The number of nitrogens with zero attached hydrogens (tertiary/aromatic N) is 3. The van der Waals surface area contributed by atoms with E-state index in [4.69, 9.17) is 4.74 Å². The summed E-state index contributed by atoms with van der Waals surface area (Å²) in [4.78, 5) is 44.9. The Balaban J connectivity index is 2.27. The molecule has 202 valence electrons. The predicted octanol–water partition coefficient (Wildman–Crippen LogP) is 4.34. The number of carbonyl (C=O) groups is 3. The van der Waals surface area contributed by atoms with Crippen LogP contribution in [0.5, 0.6) is 0 Å². The fourth-order valence-corrected chi connectivity index (χ4v) is 4.77. The van der Waals surface area contributed by atoms with Crippen molar-refractivity contribution in [1.82, 2.24) is 20.0 Å². The molecule has 2 rings (SSSR count). The van der Waals surface area contributed by atoms with Gasteiger partial charge in [-0.2, -0.15) is 0 Å². The number of hydrogen-bond acceptors (Lipinski definition) is 5. The molecule has 1 saturated heterocycles. The molecule has 8 nitrogen and oxygen atoms in total. The van der Waals surface area contributed by atoms with Crippen LogP contribution in [0.1, 0.15) is 77.5 Å². The van der Waals surface area contributed by atoms with Crippen molar-refractivity contribution < 1.29 is 19.1 Å². The molecular weight excluding hydrogens is 456 g/mol. The Morgan fingerprint density at radius 1 is 1.08 bits per heavy atom. The van der Waals surface area contributed by atoms with Gasteiger partial charge in [0, 0.05) is 20.1 Å². The largest absolute Gasteiger partial charge is 0.342 e. The van der Waals surface area contributed by atoms with Crippen LogP contribution in [0.2, 0.25) is 0 Å². The average molecular weight is 503 g/mol. The lowest BCUT2D eigenvalue weighted by molar-refractivity contribution is -0.237. The van der Waals surface area contributed by atoms with E-state index in [1.807, 2.05) is 64.0 Å². The molecule has 0 radical (unpaired) electrons. The van der Waals surface area contributed by atoms with Crippen LogP contribution in [-0.4, -0.2) is 78.6 Å². The van der Waals surface area contributed by atoms with Crippen LogP contribution in [0.3, 0.4) is 0 Å². The first-order valence-electron chi connectivity index (χ1n) is 13.1. The van der Waals surface area contributed by atoms with Crippen molar-refractivity contribution in [2.45, 2.75) is 85.1 Å². The molecule has 2 atom stereocenters. The zero-order valence-electron chi connectivity index (χ0n) is 23.7. The summed E-state index contributed by atoms with van der Waals surface area (Å²) in [6.45, 7) is 12.6. The first-order valence-corrected chi connectivity index (χ1v) is 13.1. The van der Waals surface area contributed by atoms with E-state index in [0.29, 0.717) is 19.4 Å². The van der Waals surface area contributed by atoms with Gasteiger partial charge in [-0.25, -0.2) is 9.69 Å². The minimum atomic E-state index is -1.21. The zero-order valence-corrected chi connectivity index (χ0v) is 23.7. The van der Waals surface area contributed by atoms with Gasteiger partial charge < -0.3 is 19.9 Å². The minimum absolute atomic E-state index is 0.186. The number of nitrogens with one attached hydrogen (secondary N) is 1. The van der Waals surface area contributed by atoms with Gasteiger partial charge in [-0.1, -0.05) is 57.0 Å². The fourth-order valence-electron chi connectivity index (χ4n) is 4.77. The normalized spacial score (nSPS) is 18.1. The molecule has 0 aromatic heterocycles. The van der Waals surface area contributed by atoms with Crippen LogP contribution in [0.15, 0.2) is 24.3 Å². The maximum absolute atomic E-state index is 13.5. The van der Waals surface area contributed by atoms with Crippen LogP contribution in [0, 0.1) is 12.3 Å². The highest BCUT2D eigenvalue weighted by atomic mass is 16.5. The van der Waals surface area contributed by atoms with Gasteiger partial charge in [0.2, 0.25) is 5.91 Å². The van der Waals surface area contributed by atoms with Gasteiger partial charge >= 0.3 is 6.03 Å². The number of β-lactam (4-membered cyclic amide) rings is 1. The summed E-state index contributed by atoms with van der Waals surface area (Å²) in [7, 11) is 5.66. The number of hydrogen-bond donors (Lipinski definition) is 1. The highest BCUT2D eigenvalue weighted by Crippen LogP contribution is 2.47. The Morgan fingerprint density at radius 3 is 2.17 bits per heavy atom. The number of imide groups is 1. The van der Waals surface area contributed by atoms with Crippen molar-refractivity contribution in [3.63, 3.8) is 0 Å². The van der Waals surface area contributed by atoms with Crippen LogP contribution < -0.4 is 5.32 Å². The maximum Gasteiger partial charge on any atom is 0.326 e. The summed E-state index contributed by atoms with van der Waals surface area (Å²) in [5, 5.41) is 3.06. The topological polar surface area (TPSA) is 82.2 Å². The average Bonchev–Trinajstić information content (AvgIpc) is 2.82. The van der Waals surface area contributed by atoms with Gasteiger partial charge in [-0.05, 0) is 59.7 Å². The first kappa shape index (κ1) is 29.8. The molecule has 1 aromatic carbocycles. The summed E-state index contributed by atoms with van der Waals surface area (Å²) in [6, 6.07) is 7.36. The third-order valence-corrected chi connectivity index (χ3v) is 7.34. The van der Waals surface area contributed by atoms with Gasteiger partial charge in [-0.15, -0.1) is 0 Å². The number of benzene rings is 1. The number of carbonyl (C=O) groups excluding carboxylic acids is 3. The molecule has 1 aliphatic heterocycles. The van der Waals surface area contributed by atoms with E-state index in [-0.39, 0.29) is 17.9 Å². The molecule has 0 aliphatic carbocycles. The lowest BCUT2D eigenvalue weighted by Gasteiger charge is -2.55. The number of amides is 4. The van der Waals surface area contributed by atoms with E-state index in [9.17, 15) is 14.4 Å². The van der Waals surface area contributed by atoms with Crippen molar-refractivity contribution in [3.05, 3.63) is 35.4 Å². The van der Waals surface area contributed by atoms with E-state index in [0.717, 1.165) is 30.5 Å². The molecule has 36 heavy (non-hydrogen) atoms. The van der Waals surface area contributed by atoms with Crippen LogP contribution in [0.4, 0.5) is 4.79 Å². The van der Waals surface area contributed by atoms with Gasteiger partial charge in [-0.3, -0.25) is 9.59 Å². The number of aryl methyl sites for hydroxylation is 1. The Hall–Kier alpha value is -2.45. The Bertz CT molecular complexity index is 909. The zero-order chi connectivity index (χ0) is 27.3. The SMILES string of the molecule is CCC[C@@H](NC(=O)N1C(=O)C(CC)(CC)[C@@H]1OC(C)(C)C(=O)N(C)CCN(C)C)c1ccc(C)cc1. The molecule has 0 saturated carbocycles. The number of urea groups is 1. The Kier molecular flexibility index (Phi) is 10.1. The molecule has 0 unspecified atom stereocenters. The highest BCUT2D eigenvalue weighted by molar-refractivity contribution is 6.03. The van der Waals surface area contributed by atoms with E-state index in [1.165, 1.54) is 4.90 Å². The quantitative estimate of drug-likeness (QED) is 0.430. The monoisotopic (exact) mass is 502 g/mol. The third-order valence-electron chi connectivity index (χ3n) is 7.34. The number of rotatable bonds is 12. The van der Waals surface area contributed by atoms with Crippen molar-refractivity contribution in [3.8, 4) is 0 Å². The highest BCUT2D eigenvalue weighted by Gasteiger charge is 2.63. The van der Waals surface area contributed by atoms with E-state index < -0.39 is 23.3 Å². The second-order valence-corrected chi connectivity index (χ2v) is 10.8. The molecule has 8 heteroatoms. The first-order chi connectivity index (χ1) is 16.8. The van der Waals surface area contributed by atoms with Gasteiger partial charge in [0.05, 0.1) is 11.5 Å².